The maximum atomic E-state index is 14.1. The first-order chi connectivity index (χ1) is 22.2. The van der Waals surface area contributed by atoms with E-state index in [0.717, 1.165) is 11.1 Å². The molecule has 1 aromatic heterocycles. The number of fused-ring (bicyclic) bond motifs is 1. The fraction of sp³-hybridized carbons (Fsp3) is 0.265. The number of methoxy groups -OCH3 is 2. The van der Waals surface area contributed by atoms with Crippen LogP contribution in [0.2, 0.25) is 10.0 Å². The zero-order chi connectivity index (χ0) is 33.0. The normalized spacial score (nSPS) is 14.4. The smallest absolute Gasteiger partial charge is 0.338 e. The van der Waals surface area contributed by atoms with Gasteiger partial charge in [0.25, 0.3) is 5.56 Å². The summed E-state index contributed by atoms with van der Waals surface area (Å²) < 4.78 is 30.3. The highest BCUT2D eigenvalue weighted by Crippen LogP contribution is 2.37. The second-order valence-corrected chi connectivity index (χ2v) is 11.9. The average molecular weight is 684 g/mol. The van der Waals surface area contributed by atoms with Crippen molar-refractivity contribution in [2.24, 2.45) is 4.99 Å². The van der Waals surface area contributed by atoms with Crippen LogP contribution >= 0.6 is 34.5 Å². The van der Waals surface area contributed by atoms with E-state index in [9.17, 15) is 9.59 Å². The molecule has 1 aliphatic heterocycles. The van der Waals surface area contributed by atoms with Gasteiger partial charge in [-0.05, 0) is 74.4 Å². The average Bonchev–Trinajstić information content (AvgIpc) is 3.34. The van der Waals surface area contributed by atoms with E-state index in [1.807, 2.05) is 13.0 Å². The number of carbonyl (C=O) groups excluding carboxylic acids is 1. The second kappa shape index (κ2) is 14.5. The lowest BCUT2D eigenvalue weighted by Crippen LogP contribution is -2.40. The van der Waals surface area contributed by atoms with Crippen molar-refractivity contribution in [1.82, 2.24) is 4.57 Å². The molecule has 0 saturated heterocycles. The van der Waals surface area contributed by atoms with E-state index < -0.39 is 12.0 Å². The second-order valence-electron chi connectivity index (χ2n) is 10.1. The molecule has 0 aliphatic carbocycles. The Hall–Kier alpha value is -4.25. The Labute approximate surface area is 279 Å². The highest BCUT2D eigenvalue weighted by Gasteiger charge is 2.34. The van der Waals surface area contributed by atoms with E-state index in [1.165, 1.54) is 15.9 Å². The Balaban J connectivity index is 1.61. The number of nitrogens with zero attached hydrogens (tertiary/aromatic N) is 2. The minimum Gasteiger partial charge on any atom is -0.493 e. The monoisotopic (exact) mass is 682 g/mol. The molecule has 0 radical (unpaired) electrons. The van der Waals surface area contributed by atoms with E-state index in [-0.39, 0.29) is 24.3 Å². The van der Waals surface area contributed by atoms with Crippen molar-refractivity contribution >= 4 is 46.6 Å². The summed E-state index contributed by atoms with van der Waals surface area (Å²) in [5.74, 6) is 1.46. The van der Waals surface area contributed by atoms with Crippen molar-refractivity contribution in [2.45, 2.75) is 33.4 Å². The van der Waals surface area contributed by atoms with Gasteiger partial charge in [-0.1, -0.05) is 52.7 Å². The van der Waals surface area contributed by atoms with Crippen molar-refractivity contribution in [2.75, 3.05) is 27.4 Å². The molecule has 1 unspecified atom stereocenters. The summed E-state index contributed by atoms with van der Waals surface area (Å²) in [6, 6.07) is 15.1. The number of allylic oxidation sites excluding steroid dienone is 1. The van der Waals surface area contributed by atoms with Crippen LogP contribution in [0, 0.1) is 0 Å². The van der Waals surface area contributed by atoms with Crippen molar-refractivity contribution in [3.63, 3.8) is 0 Å². The third kappa shape index (κ3) is 6.79. The third-order valence-electron chi connectivity index (χ3n) is 7.20. The third-order valence-corrected chi connectivity index (χ3v) is 8.77. The molecule has 0 bridgehead atoms. The van der Waals surface area contributed by atoms with Crippen LogP contribution < -0.4 is 33.8 Å². The molecule has 4 aromatic rings. The van der Waals surface area contributed by atoms with Gasteiger partial charge in [0.05, 0.1) is 49.3 Å². The molecule has 0 amide bonds. The van der Waals surface area contributed by atoms with E-state index in [2.05, 4.69) is 4.99 Å². The van der Waals surface area contributed by atoms with E-state index >= 15 is 0 Å². The van der Waals surface area contributed by atoms with Crippen LogP contribution in [0.3, 0.4) is 0 Å². The van der Waals surface area contributed by atoms with Gasteiger partial charge in [0, 0.05) is 15.6 Å². The molecule has 12 heteroatoms. The van der Waals surface area contributed by atoms with Gasteiger partial charge in [-0.15, -0.1) is 0 Å². The Morgan fingerprint density at radius 3 is 2.39 bits per heavy atom. The van der Waals surface area contributed by atoms with Crippen LogP contribution in [0.5, 0.6) is 23.0 Å². The number of hydrogen-bond donors (Lipinski definition) is 0. The molecule has 46 heavy (non-hydrogen) atoms. The predicted octanol–water partition coefficient (Wildman–Crippen LogP) is 6.10. The predicted molar refractivity (Wildman–Crippen MR) is 178 cm³/mol. The molecule has 3 aromatic carbocycles. The van der Waals surface area contributed by atoms with Gasteiger partial charge in [0.1, 0.15) is 6.61 Å². The molecule has 0 fully saturated rings. The molecule has 0 spiro atoms. The van der Waals surface area contributed by atoms with Crippen LogP contribution in [-0.4, -0.2) is 38.0 Å². The van der Waals surface area contributed by atoms with Crippen molar-refractivity contribution < 1.29 is 28.5 Å². The number of thiazole rings is 1. The molecule has 0 saturated carbocycles. The standard InChI is InChI=1S/C34H32Cl2N2O7S/c1-6-43-28-16-21(10-13-26(28)45-18-22-9-11-23(35)17-24(22)36)31-30(33(40)44-7-2)19(3)37-34-38(31)32(39)29(46-34)15-20-8-12-25(41-4)27(14-20)42-5/h8-17,31H,6-7,18H2,1-5H3. The van der Waals surface area contributed by atoms with Gasteiger partial charge in [-0.25, -0.2) is 9.79 Å². The van der Waals surface area contributed by atoms with Crippen molar-refractivity contribution in [3.05, 3.63) is 112 Å². The fourth-order valence-electron chi connectivity index (χ4n) is 5.08. The Bertz CT molecular complexity index is 2000. The number of esters is 1. The summed E-state index contributed by atoms with van der Waals surface area (Å²) in [4.78, 5) is 32.6. The lowest BCUT2D eigenvalue weighted by molar-refractivity contribution is -0.139. The van der Waals surface area contributed by atoms with Gasteiger partial charge >= 0.3 is 5.97 Å². The number of hydrogen-bond acceptors (Lipinski definition) is 9. The molecule has 1 aliphatic rings. The van der Waals surface area contributed by atoms with E-state index in [4.69, 9.17) is 46.9 Å². The lowest BCUT2D eigenvalue weighted by Gasteiger charge is -2.25. The Morgan fingerprint density at radius 1 is 0.935 bits per heavy atom. The number of carbonyl (C=O) groups is 1. The van der Waals surface area contributed by atoms with Crippen LogP contribution in [0.25, 0.3) is 6.08 Å². The number of rotatable bonds is 11. The van der Waals surface area contributed by atoms with Crippen LogP contribution in [0.15, 0.2) is 75.7 Å². The minimum atomic E-state index is -0.832. The maximum absolute atomic E-state index is 14.1. The molecule has 2 heterocycles. The quantitative estimate of drug-likeness (QED) is 0.176. The highest BCUT2D eigenvalue weighted by atomic mass is 35.5. The van der Waals surface area contributed by atoms with E-state index in [0.29, 0.717) is 60.2 Å². The van der Waals surface area contributed by atoms with Crippen LogP contribution in [0.4, 0.5) is 0 Å². The molecule has 1 atom stereocenters. The van der Waals surface area contributed by atoms with Gasteiger partial charge < -0.3 is 23.7 Å². The Morgan fingerprint density at radius 2 is 1.70 bits per heavy atom. The van der Waals surface area contributed by atoms with Crippen LogP contribution in [-0.2, 0) is 16.1 Å². The number of ether oxygens (including phenoxy) is 5. The summed E-state index contributed by atoms with van der Waals surface area (Å²) in [6.07, 6.45) is 1.76. The molecule has 5 rings (SSSR count). The van der Waals surface area contributed by atoms with Gasteiger partial charge in [0.2, 0.25) is 0 Å². The summed E-state index contributed by atoms with van der Waals surface area (Å²) in [7, 11) is 3.11. The number of benzene rings is 3. The lowest BCUT2D eigenvalue weighted by atomic mass is 9.95. The summed E-state index contributed by atoms with van der Waals surface area (Å²) in [6.45, 7) is 6.02. The first kappa shape index (κ1) is 33.1. The first-order valence-corrected chi connectivity index (χ1v) is 16.0. The maximum Gasteiger partial charge on any atom is 0.338 e. The molecule has 240 valence electrons. The van der Waals surface area contributed by atoms with Crippen molar-refractivity contribution in [1.29, 1.82) is 0 Å². The van der Waals surface area contributed by atoms with Gasteiger partial charge in [0.15, 0.2) is 27.8 Å². The SMILES string of the molecule is CCOC(=O)C1=C(C)N=c2sc(=Cc3ccc(OC)c(OC)c3)c(=O)n2C1c1ccc(OCc2ccc(Cl)cc2Cl)c(OCC)c1. The van der Waals surface area contributed by atoms with Gasteiger partial charge in [-0.2, -0.15) is 0 Å². The minimum absolute atomic E-state index is 0.163. The zero-order valence-corrected chi connectivity index (χ0v) is 28.2. The number of aromatic nitrogens is 1. The van der Waals surface area contributed by atoms with Gasteiger partial charge in [-0.3, -0.25) is 9.36 Å². The fourth-order valence-corrected chi connectivity index (χ4v) is 6.59. The van der Waals surface area contributed by atoms with Crippen LogP contribution in [0.1, 0.15) is 43.5 Å². The van der Waals surface area contributed by atoms with Crippen molar-refractivity contribution in [3.8, 4) is 23.0 Å². The molecule has 0 N–H and O–H groups in total. The van der Waals surface area contributed by atoms with E-state index in [1.54, 1.807) is 82.7 Å². The largest absolute Gasteiger partial charge is 0.493 e. The first-order valence-electron chi connectivity index (χ1n) is 14.4. The summed E-state index contributed by atoms with van der Waals surface area (Å²) in [5, 5.41) is 1.01. The topological polar surface area (TPSA) is 97.6 Å². The molecular weight excluding hydrogens is 651 g/mol. The highest BCUT2D eigenvalue weighted by molar-refractivity contribution is 7.07. The summed E-state index contributed by atoms with van der Waals surface area (Å²) >= 11 is 13.6. The Kier molecular flexibility index (Phi) is 10.4. The number of halogens is 2. The summed E-state index contributed by atoms with van der Waals surface area (Å²) in [5.41, 5.74) is 2.52. The molecule has 9 nitrogen and oxygen atoms in total. The molecular formula is C34H32Cl2N2O7S. The zero-order valence-electron chi connectivity index (χ0n) is 25.9.